The van der Waals surface area contributed by atoms with Gasteiger partial charge in [0.2, 0.25) is 0 Å². The van der Waals surface area contributed by atoms with E-state index in [1.807, 2.05) is 24.3 Å². The van der Waals surface area contributed by atoms with Crippen LogP contribution in [0.2, 0.25) is 0 Å². The van der Waals surface area contributed by atoms with Gasteiger partial charge in [-0.15, -0.1) is 0 Å². The average Bonchev–Trinajstić information content (AvgIpc) is 2.56. The second kappa shape index (κ2) is 5.38. The summed E-state index contributed by atoms with van der Waals surface area (Å²) in [7, 11) is 0. The fourth-order valence-corrected chi connectivity index (χ4v) is 6.05. The van der Waals surface area contributed by atoms with Gasteiger partial charge >= 0.3 is 6.03 Å². The summed E-state index contributed by atoms with van der Waals surface area (Å²) >= 11 is 0. The molecule has 2 aromatic carbocycles. The zero-order valence-corrected chi connectivity index (χ0v) is 14.3. The van der Waals surface area contributed by atoms with E-state index >= 15 is 0 Å². The number of nitrogens with one attached hydrogen (secondary N) is 2. The summed E-state index contributed by atoms with van der Waals surface area (Å²) in [4.78, 5) is 12.7. The summed E-state index contributed by atoms with van der Waals surface area (Å²) in [6.07, 6.45) is 7.52. The van der Waals surface area contributed by atoms with Gasteiger partial charge in [-0.1, -0.05) is 24.3 Å². The van der Waals surface area contributed by atoms with E-state index in [0.29, 0.717) is 0 Å². The first-order valence-electron chi connectivity index (χ1n) is 9.40. The second-order valence-corrected chi connectivity index (χ2v) is 8.45. The highest BCUT2D eigenvalue weighted by atomic mass is 16.3. The quantitative estimate of drug-likeness (QED) is 0.700. The number of fused-ring (bicyclic) bond motifs is 1. The lowest BCUT2D eigenvalue weighted by Crippen LogP contribution is -2.60. The molecule has 130 valence electrons. The van der Waals surface area contributed by atoms with Crippen LogP contribution in [-0.4, -0.2) is 16.7 Å². The van der Waals surface area contributed by atoms with Gasteiger partial charge in [-0.2, -0.15) is 0 Å². The van der Waals surface area contributed by atoms with Crippen LogP contribution in [0, 0.1) is 17.8 Å². The van der Waals surface area contributed by atoms with Gasteiger partial charge in [0.05, 0.1) is 5.69 Å². The molecule has 4 nitrogen and oxygen atoms in total. The molecule has 0 radical (unpaired) electrons. The van der Waals surface area contributed by atoms with Gasteiger partial charge in [0.1, 0.15) is 5.75 Å². The van der Waals surface area contributed by atoms with E-state index in [0.717, 1.165) is 53.5 Å². The average molecular weight is 336 g/mol. The molecule has 0 heterocycles. The summed E-state index contributed by atoms with van der Waals surface area (Å²) in [5.41, 5.74) is 0.751. The fourth-order valence-electron chi connectivity index (χ4n) is 6.05. The maximum absolute atomic E-state index is 12.7. The van der Waals surface area contributed by atoms with Crippen molar-refractivity contribution >= 4 is 22.5 Å². The molecule has 4 fully saturated rings. The number of benzene rings is 2. The van der Waals surface area contributed by atoms with Gasteiger partial charge in [-0.3, -0.25) is 0 Å². The number of rotatable bonds is 2. The zero-order chi connectivity index (χ0) is 17.0. The van der Waals surface area contributed by atoms with Gasteiger partial charge in [0.15, 0.2) is 0 Å². The van der Waals surface area contributed by atoms with Crippen molar-refractivity contribution < 1.29 is 9.90 Å². The normalized spacial score (nSPS) is 32.7. The molecule has 4 bridgehead atoms. The molecule has 0 unspecified atom stereocenters. The maximum atomic E-state index is 12.7. The standard InChI is InChI=1S/C21H24N2O2/c24-19-6-5-18(16-3-1-2-4-17(16)19)22-20(25)23-21-10-13-7-14(11-21)9-15(8-13)12-21/h1-6,13-15,24H,7-12H2,(H2,22,23,25). The molecule has 0 spiro atoms. The van der Waals surface area contributed by atoms with Gasteiger partial charge in [0.25, 0.3) is 0 Å². The maximum Gasteiger partial charge on any atom is 0.319 e. The Hall–Kier alpha value is -2.23. The van der Waals surface area contributed by atoms with Crippen molar-refractivity contribution in [2.24, 2.45) is 17.8 Å². The molecule has 3 N–H and O–H groups in total. The molecule has 25 heavy (non-hydrogen) atoms. The summed E-state index contributed by atoms with van der Waals surface area (Å²) in [6, 6.07) is 10.9. The zero-order valence-electron chi connectivity index (χ0n) is 14.3. The number of amides is 2. The molecule has 4 aliphatic carbocycles. The molecule has 4 aliphatic rings. The van der Waals surface area contributed by atoms with Crippen molar-refractivity contribution in [2.45, 2.75) is 44.1 Å². The van der Waals surface area contributed by atoms with E-state index in [4.69, 9.17) is 0 Å². The van der Waals surface area contributed by atoms with Crippen molar-refractivity contribution in [3.05, 3.63) is 36.4 Å². The van der Waals surface area contributed by atoms with E-state index in [2.05, 4.69) is 10.6 Å². The molecule has 0 atom stereocenters. The van der Waals surface area contributed by atoms with Gasteiger partial charge in [-0.05, 0) is 68.4 Å². The Morgan fingerprint density at radius 3 is 2.16 bits per heavy atom. The third-order valence-corrected chi connectivity index (χ3v) is 6.57. The van der Waals surface area contributed by atoms with Crippen LogP contribution in [0.15, 0.2) is 36.4 Å². The number of anilines is 1. The first kappa shape index (κ1) is 15.1. The van der Waals surface area contributed by atoms with Crippen molar-refractivity contribution in [3.63, 3.8) is 0 Å². The van der Waals surface area contributed by atoms with Crippen LogP contribution in [0.4, 0.5) is 10.5 Å². The fraction of sp³-hybridized carbons (Fsp3) is 0.476. The number of phenols is 1. The van der Waals surface area contributed by atoms with E-state index < -0.39 is 0 Å². The Balaban J connectivity index is 1.37. The molecule has 0 aliphatic heterocycles. The first-order valence-corrected chi connectivity index (χ1v) is 9.40. The summed E-state index contributed by atoms with van der Waals surface area (Å²) < 4.78 is 0. The largest absolute Gasteiger partial charge is 0.507 e. The van der Waals surface area contributed by atoms with Crippen LogP contribution < -0.4 is 10.6 Å². The van der Waals surface area contributed by atoms with Crippen molar-refractivity contribution in [2.75, 3.05) is 5.32 Å². The molecule has 0 aromatic heterocycles. The van der Waals surface area contributed by atoms with E-state index in [1.54, 1.807) is 12.1 Å². The predicted octanol–water partition coefficient (Wildman–Crippen LogP) is 4.64. The minimum absolute atomic E-state index is 0.00551. The highest BCUT2D eigenvalue weighted by molar-refractivity contribution is 6.03. The Labute approximate surface area is 147 Å². The van der Waals surface area contributed by atoms with E-state index in [9.17, 15) is 9.90 Å². The lowest BCUT2D eigenvalue weighted by molar-refractivity contribution is -0.0127. The molecule has 2 aromatic rings. The lowest BCUT2D eigenvalue weighted by Gasteiger charge is -2.56. The topological polar surface area (TPSA) is 61.4 Å². The van der Waals surface area contributed by atoms with Crippen LogP contribution in [0.1, 0.15) is 38.5 Å². The molecule has 2 amide bonds. The number of urea groups is 1. The van der Waals surface area contributed by atoms with Crippen molar-refractivity contribution in [3.8, 4) is 5.75 Å². The number of aromatic hydroxyl groups is 1. The minimum Gasteiger partial charge on any atom is -0.507 e. The summed E-state index contributed by atoms with van der Waals surface area (Å²) in [5, 5.41) is 18.0. The van der Waals surface area contributed by atoms with Crippen LogP contribution in [0.25, 0.3) is 10.8 Å². The Morgan fingerprint density at radius 1 is 0.920 bits per heavy atom. The first-order chi connectivity index (χ1) is 12.1. The van der Waals surface area contributed by atoms with E-state index in [1.165, 1.54) is 19.3 Å². The van der Waals surface area contributed by atoms with Crippen LogP contribution in [0.5, 0.6) is 5.75 Å². The summed E-state index contributed by atoms with van der Waals surface area (Å²) in [6.45, 7) is 0. The lowest BCUT2D eigenvalue weighted by atomic mass is 9.53. The Bertz CT molecular complexity index is 810. The van der Waals surface area contributed by atoms with Crippen LogP contribution in [0.3, 0.4) is 0 Å². The van der Waals surface area contributed by atoms with Gasteiger partial charge in [0, 0.05) is 16.3 Å². The minimum atomic E-state index is -0.113. The van der Waals surface area contributed by atoms with Crippen LogP contribution >= 0.6 is 0 Å². The van der Waals surface area contributed by atoms with Crippen molar-refractivity contribution in [1.29, 1.82) is 0 Å². The summed E-state index contributed by atoms with van der Waals surface area (Å²) in [5.74, 6) is 2.66. The number of carbonyl (C=O) groups excluding carboxylic acids is 1. The molecule has 4 heteroatoms. The molecular weight excluding hydrogens is 312 g/mol. The van der Waals surface area contributed by atoms with Crippen LogP contribution in [-0.2, 0) is 0 Å². The molecule has 0 saturated heterocycles. The smallest absolute Gasteiger partial charge is 0.319 e. The molecule has 6 rings (SSSR count). The van der Waals surface area contributed by atoms with Gasteiger partial charge in [-0.25, -0.2) is 4.79 Å². The predicted molar refractivity (Wildman–Crippen MR) is 98.7 cm³/mol. The molecule has 4 saturated carbocycles. The third-order valence-electron chi connectivity index (χ3n) is 6.57. The SMILES string of the molecule is O=C(Nc1ccc(O)c2ccccc12)NC12CC3CC(CC(C3)C1)C2. The Kier molecular flexibility index (Phi) is 3.24. The van der Waals surface area contributed by atoms with E-state index in [-0.39, 0.29) is 17.3 Å². The highest BCUT2D eigenvalue weighted by Gasteiger charge is 2.51. The third kappa shape index (κ3) is 2.55. The van der Waals surface area contributed by atoms with Gasteiger partial charge < -0.3 is 15.7 Å². The highest BCUT2D eigenvalue weighted by Crippen LogP contribution is 2.55. The number of carbonyl (C=O) groups is 1. The van der Waals surface area contributed by atoms with Crippen molar-refractivity contribution in [1.82, 2.24) is 5.32 Å². The molecular formula is C21H24N2O2. The number of phenolic OH excluding ortho intramolecular Hbond substituents is 1. The number of hydrogen-bond acceptors (Lipinski definition) is 2. The Morgan fingerprint density at radius 2 is 1.52 bits per heavy atom. The monoisotopic (exact) mass is 336 g/mol. The second-order valence-electron chi connectivity index (χ2n) is 8.45. The number of hydrogen-bond donors (Lipinski definition) is 3.